The van der Waals surface area contributed by atoms with Crippen LogP contribution >= 0.6 is 0 Å². The number of aromatic nitrogens is 3. The molecule has 0 aromatic carbocycles. The van der Waals surface area contributed by atoms with Gasteiger partial charge in [-0.3, -0.25) is 4.79 Å². The summed E-state index contributed by atoms with van der Waals surface area (Å²) in [5.74, 6) is 0.221. The van der Waals surface area contributed by atoms with Gasteiger partial charge in [-0.05, 0) is 25.0 Å². The smallest absolute Gasteiger partial charge is 0.274 e. The lowest BCUT2D eigenvalue weighted by molar-refractivity contribution is 0.0906. The molecule has 0 radical (unpaired) electrons. The van der Waals surface area contributed by atoms with Crippen LogP contribution in [0.4, 0.5) is 0 Å². The maximum atomic E-state index is 12.1. The highest BCUT2D eigenvalue weighted by Crippen LogP contribution is 2.21. The standard InChI is InChI=1S/C13H16N4O3/c1-7(2)10(13-15-8(3)17-20-13)16-12(19)11-9(18)5-4-6-14-11/h4-7,10,18H,1-3H3,(H,16,19)/t10-/m1/s1. The normalized spacial score (nSPS) is 12.4. The Morgan fingerprint density at radius 3 is 2.75 bits per heavy atom. The SMILES string of the molecule is Cc1noc([C@H](NC(=O)c2ncccc2O)C(C)C)n1. The quantitative estimate of drug-likeness (QED) is 0.879. The van der Waals surface area contributed by atoms with E-state index in [1.165, 1.54) is 12.3 Å². The van der Waals surface area contributed by atoms with Gasteiger partial charge in [0.2, 0.25) is 5.89 Å². The van der Waals surface area contributed by atoms with E-state index in [0.717, 1.165) is 0 Å². The second-order valence-electron chi connectivity index (χ2n) is 4.75. The lowest BCUT2D eigenvalue weighted by atomic mass is 10.0. The Labute approximate surface area is 116 Å². The van der Waals surface area contributed by atoms with Gasteiger partial charge in [0.25, 0.3) is 5.91 Å². The lowest BCUT2D eigenvalue weighted by Crippen LogP contribution is -2.32. The minimum absolute atomic E-state index is 0.0330. The van der Waals surface area contributed by atoms with Crippen LogP contribution in [0.1, 0.15) is 42.1 Å². The van der Waals surface area contributed by atoms with Gasteiger partial charge in [0.15, 0.2) is 11.5 Å². The molecule has 7 heteroatoms. The number of carbonyl (C=O) groups excluding carboxylic acids is 1. The minimum Gasteiger partial charge on any atom is -0.505 e. The number of aryl methyl sites for hydroxylation is 1. The maximum absolute atomic E-state index is 12.1. The molecule has 0 aliphatic heterocycles. The average molecular weight is 276 g/mol. The summed E-state index contributed by atoms with van der Waals surface area (Å²) in [6, 6.07) is 2.52. The van der Waals surface area contributed by atoms with Crippen LogP contribution in [0.15, 0.2) is 22.9 Å². The molecule has 0 saturated carbocycles. The van der Waals surface area contributed by atoms with Crippen molar-refractivity contribution in [3.05, 3.63) is 35.7 Å². The molecule has 0 aliphatic rings. The number of pyridine rings is 1. The third-order valence-corrected chi connectivity index (χ3v) is 2.76. The number of hydrogen-bond donors (Lipinski definition) is 2. The van der Waals surface area contributed by atoms with Crippen LogP contribution in [-0.4, -0.2) is 26.1 Å². The summed E-state index contributed by atoms with van der Waals surface area (Å²) < 4.78 is 5.10. The molecule has 1 amide bonds. The second kappa shape index (κ2) is 5.68. The molecule has 2 N–H and O–H groups in total. The summed E-state index contributed by atoms with van der Waals surface area (Å²) in [5.41, 5.74) is -0.0330. The van der Waals surface area contributed by atoms with Crippen molar-refractivity contribution in [3.8, 4) is 5.75 Å². The molecular formula is C13H16N4O3. The van der Waals surface area contributed by atoms with E-state index >= 15 is 0 Å². The first-order chi connectivity index (χ1) is 9.49. The van der Waals surface area contributed by atoms with Crippen molar-refractivity contribution in [2.45, 2.75) is 26.8 Å². The van der Waals surface area contributed by atoms with Gasteiger partial charge in [-0.15, -0.1) is 0 Å². The Kier molecular flexibility index (Phi) is 3.97. The number of amides is 1. The zero-order valence-corrected chi connectivity index (χ0v) is 11.5. The molecule has 2 rings (SSSR count). The zero-order chi connectivity index (χ0) is 14.7. The van der Waals surface area contributed by atoms with E-state index in [-0.39, 0.29) is 17.4 Å². The summed E-state index contributed by atoms with van der Waals surface area (Å²) in [4.78, 5) is 20.1. The van der Waals surface area contributed by atoms with Gasteiger partial charge in [0.1, 0.15) is 11.8 Å². The largest absolute Gasteiger partial charge is 0.505 e. The molecule has 2 aromatic rings. The Morgan fingerprint density at radius 2 is 2.20 bits per heavy atom. The molecular weight excluding hydrogens is 260 g/mol. The molecule has 0 bridgehead atoms. The van der Waals surface area contributed by atoms with E-state index in [1.54, 1.807) is 13.0 Å². The molecule has 0 spiro atoms. The molecule has 2 heterocycles. The van der Waals surface area contributed by atoms with Crippen molar-refractivity contribution in [2.24, 2.45) is 5.92 Å². The van der Waals surface area contributed by atoms with Gasteiger partial charge in [0.05, 0.1) is 0 Å². The first-order valence-electron chi connectivity index (χ1n) is 6.24. The van der Waals surface area contributed by atoms with E-state index in [9.17, 15) is 9.90 Å². The third kappa shape index (κ3) is 2.93. The summed E-state index contributed by atoms with van der Waals surface area (Å²) >= 11 is 0. The van der Waals surface area contributed by atoms with E-state index < -0.39 is 11.9 Å². The molecule has 20 heavy (non-hydrogen) atoms. The molecule has 0 unspecified atom stereocenters. The van der Waals surface area contributed by atoms with Gasteiger partial charge < -0.3 is 14.9 Å². The average Bonchev–Trinajstić information content (AvgIpc) is 2.82. The van der Waals surface area contributed by atoms with Gasteiger partial charge in [0, 0.05) is 6.20 Å². The van der Waals surface area contributed by atoms with Gasteiger partial charge in [-0.25, -0.2) is 4.98 Å². The summed E-state index contributed by atoms with van der Waals surface area (Å²) in [6.07, 6.45) is 1.44. The van der Waals surface area contributed by atoms with E-state index in [0.29, 0.717) is 11.7 Å². The summed E-state index contributed by atoms with van der Waals surface area (Å²) in [7, 11) is 0. The predicted octanol–water partition coefficient (Wildman–Crippen LogP) is 1.61. The fraction of sp³-hybridized carbons (Fsp3) is 0.385. The van der Waals surface area contributed by atoms with Crippen molar-refractivity contribution in [1.29, 1.82) is 0 Å². The highest BCUT2D eigenvalue weighted by atomic mass is 16.5. The second-order valence-corrected chi connectivity index (χ2v) is 4.75. The number of rotatable bonds is 4. The minimum atomic E-state index is -0.488. The molecule has 0 fully saturated rings. The van der Waals surface area contributed by atoms with Gasteiger partial charge >= 0.3 is 0 Å². The topological polar surface area (TPSA) is 101 Å². The molecule has 7 nitrogen and oxygen atoms in total. The fourth-order valence-corrected chi connectivity index (χ4v) is 1.73. The molecule has 2 aromatic heterocycles. The van der Waals surface area contributed by atoms with Crippen molar-refractivity contribution in [2.75, 3.05) is 0 Å². The summed E-state index contributed by atoms with van der Waals surface area (Å²) in [5, 5.41) is 16.1. The fourth-order valence-electron chi connectivity index (χ4n) is 1.73. The van der Waals surface area contributed by atoms with Crippen LogP contribution < -0.4 is 5.32 Å². The van der Waals surface area contributed by atoms with Crippen molar-refractivity contribution in [3.63, 3.8) is 0 Å². The number of nitrogens with one attached hydrogen (secondary N) is 1. The highest BCUT2D eigenvalue weighted by molar-refractivity contribution is 5.94. The zero-order valence-electron chi connectivity index (χ0n) is 11.5. The monoisotopic (exact) mass is 276 g/mol. The van der Waals surface area contributed by atoms with Gasteiger partial charge in [-0.1, -0.05) is 19.0 Å². The van der Waals surface area contributed by atoms with Crippen LogP contribution in [0.5, 0.6) is 5.75 Å². The van der Waals surface area contributed by atoms with Crippen molar-refractivity contribution < 1.29 is 14.4 Å². The number of carbonyl (C=O) groups is 1. The molecule has 1 atom stereocenters. The predicted molar refractivity (Wildman–Crippen MR) is 70.0 cm³/mol. The maximum Gasteiger partial charge on any atom is 0.274 e. The van der Waals surface area contributed by atoms with E-state index in [1.807, 2.05) is 13.8 Å². The van der Waals surface area contributed by atoms with Crippen LogP contribution in [0.25, 0.3) is 0 Å². The first-order valence-corrected chi connectivity index (χ1v) is 6.24. The lowest BCUT2D eigenvalue weighted by Gasteiger charge is -2.18. The Morgan fingerprint density at radius 1 is 1.45 bits per heavy atom. The highest BCUT2D eigenvalue weighted by Gasteiger charge is 2.25. The van der Waals surface area contributed by atoms with E-state index in [2.05, 4.69) is 20.4 Å². The molecule has 0 saturated heterocycles. The van der Waals surface area contributed by atoms with Crippen LogP contribution in [-0.2, 0) is 0 Å². The Hall–Kier alpha value is -2.44. The van der Waals surface area contributed by atoms with Crippen molar-refractivity contribution >= 4 is 5.91 Å². The van der Waals surface area contributed by atoms with E-state index in [4.69, 9.17) is 4.52 Å². The number of aromatic hydroxyl groups is 1. The number of hydrogen-bond acceptors (Lipinski definition) is 6. The summed E-state index contributed by atoms with van der Waals surface area (Å²) in [6.45, 7) is 5.54. The molecule has 0 aliphatic carbocycles. The first kappa shape index (κ1) is 14.0. The molecule has 106 valence electrons. The van der Waals surface area contributed by atoms with Crippen molar-refractivity contribution in [1.82, 2.24) is 20.4 Å². The number of nitrogens with zero attached hydrogens (tertiary/aromatic N) is 3. The Bertz CT molecular complexity index is 609. The van der Waals surface area contributed by atoms with Gasteiger partial charge in [-0.2, -0.15) is 4.98 Å². The van der Waals surface area contributed by atoms with Crippen LogP contribution in [0.3, 0.4) is 0 Å². The third-order valence-electron chi connectivity index (χ3n) is 2.76. The van der Waals surface area contributed by atoms with Crippen LogP contribution in [0.2, 0.25) is 0 Å². The Balaban J connectivity index is 2.21. The van der Waals surface area contributed by atoms with Crippen LogP contribution in [0, 0.1) is 12.8 Å².